The van der Waals surface area contributed by atoms with E-state index in [2.05, 4.69) is 10.3 Å². The van der Waals surface area contributed by atoms with Crippen LogP contribution in [0.1, 0.15) is 23.3 Å². The van der Waals surface area contributed by atoms with Crippen molar-refractivity contribution in [3.8, 4) is 0 Å². The summed E-state index contributed by atoms with van der Waals surface area (Å²) in [7, 11) is 0. The van der Waals surface area contributed by atoms with E-state index < -0.39 is 23.4 Å². The minimum atomic E-state index is -1.18. The third-order valence-corrected chi connectivity index (χ3v) is 2.46. The average Bonchev–Trinajstić information content (AvgIpc) is 2.99. The SMILES string of the molecule is O=C(NC1(C(=O)O)CC1)c1cccc(F)n1. The molecule has 1 fully saturated rings. The molecular formula is C10H9FN2O3. The Bertz CT molecular complexity index is 457. The third-order valence-electron chi connectivity index (χ3n) is 2.46. The van der Waals surface area contributed by atoms with Gasteiger partial charge < -0.3 is 10.4 Å². The number of amides is 1. The van der Waals surface area contributed by atoms with Gasteiger partial charge in [-0.05, 0) is 25.0 Å². The van der Waals surface area contributed by atoms with E-state index in [0.29, 0.717) is 12.8 Å². The maximum atomic E-state index is 12.7. The molecule has 0 aromatic carbocycles. The summed E-state index contributed by atoms with van der Waals surface area (Å²) in [5.41, 5.74) is -1.29. The maximum absolute atomic E-state index is 12.7. The number of nitrogens with zero attached hydrogens (tertiary/aromatic N) is 1. The van der Waals surface area contributed by atoms with E-state index in [9.17, 15) is 14.0 Å². The maximum Gasteiger partial charge on any atom is 0.329 e. The van der Waals surface area contributed by atoms with Gasteiger partial charge in [-0.1, -0.05) is 6.07 Å². The van der Waals surface area contributed by atoms with Crippen LogP contribution in [0.5, 0.6) is 0 Å². The number of hydrogen-bond donors (Lipinski definition) is 2. The second-order valence-corrected chi connectivity index (χ2v) is 3.69. The Morgan fingerprint density at radius 2 is 2.12 bits per heavy atom. The van der Waals surface area contributed by atoms with Crippen molar-refractivity contribution in [2.24, 2.45) is 0 Å². The number of carboxylic acid groups (broad SMARTS) is 1. The highest BCUT2D eigenvalue weighted by atomic mass is 19.1. The van der Waals surface area contributed by atoms with Gasteiger partial charge in [0.25, 0.3) is 5.91 Å². The number of pyridine rings is 1. The van der Waals surface area contributed by atoms with Crippen molar-refractivity contribution < 1.29 is 19.1 Å². The molecule has 2 rings (SSSR count). The summed E-state index contributed by atoms with van der Waals surface area (Å²) < 4.78 is 12.7. The molecule has 0 atom stereocenters. The summed E-state index contributed by atoms with van der Waals surface area (Å²) in [6.45, 7) is 0. The summed E-state index contributed by atoms with van der Waals surface area (Å²) in [5, 5.41) is 11.2. The molecule has 0 aliphatic heterocycles. The monoisotopic (exact) mass is 224 g/mol. The third kappa shape index (κ3) is 1.86. The van der Waals surface area contributed by atoms with Crippen molar-refractivity contribution in [2.45, 2.75) is 18.4 Å². The molecule has 1 aromatic heterocycles. The van der Waals surface area contributed by atoms with Crippen LogP contribution in [0.2, 0.25) is 0 Å². The van der Waals surface area contributed by atoms with E-state index >= 15 is 0 Å². The zero-order chi connectivity index (χ0) is 11.8. The lowest BCUT2D eigenvalue weighted by molar-refractivity contribution is -0.140. The van der Waals surface area contributed by atoms with Gasteiger partial charge in [0.15, 0.2) is 0 Å². The van der Waals surface area contributed by atoms with Gasteiger partial charge in [0.1, 0.15) is 11.2 Å². The molecule has 0 saturated heterocycles. The molecule has 6 heteroatoms. The van der Waals surface area contributed by atoms with Gasteiger partial charge in [0.05, 0.1) is 0 Å². The lowest BCUT2D eigenvalue weighted by atomic mass is 10.2. The number of aromatic nitrogens is 1. The van der Waals surface area contributed by atoms with Gasteiger partial charge >= 0.3 is 5.97 Å². The number of carbonyl (C=O) groups excluding carboxylic acids is 1. The molecule has 1 heterocycles. The van der Waals surface area contributed by atoms with Crippen LogP contribution in [-0.4, -0.2) is 27.5 Å². The number of rotatable bonds is 3. The van der Waals surface area contributed by atoms with Crippen LogP contribution in [0, 0.1) is 5.95 Å². The Morgan fingerprint density at radius 1 is 1.44 bits per heavy atom. The first kappa shape index (κ1) is 10.5. The highest BCUT2D eigenvalue weighted by molar-refractivity contribution is 5.97. The van der Waals surface area contributed by atoms with E-state index in [1.54, 1.807) is 0 Å². The normalized spacial score (nSPS) is 16.6. The van der Waals surface area contributed by atoms with Gasteiger partial charge in [0.2, 0.25) is 5.95 Å². The van der Waals surface area contributed by atoms with Gasteiger partial charge in [-0.2, -0.15) is 4.39 Å². The Labute approximate surface area is 90.3 Å². The average molecular weight is 224 g/mol. The fourth-order valence-corrected chi connectivity index (χ4v) is 1.33. The highest BCUT2D eigenvalue weighted by Crippen LogP contribution is 2.35. The molecule has 1 aliphatic carbocycles. The first-order valence-electron chi connectivity index (χ1n) is 4.72. The smallest absolute Gasteiger partial charge is 0.329 e. The Kier molecular flexibility index (Phi) is 2.34. The van der Waals surface area contributed by atoms with E-state index in [-0.39, 0.29) is 5.69 Å². The summed E-state index contributed by atoms with van der Waals surface area (Å²) in [5.74, 6) is -2.51. The van der Waals surface area contributed by atoms with Crippen molar-refractivity contribution >= 4 is 11.9 Å². The lowest BCUT2D eigenvalue weighted by Gasteiger charge is -2.11. The van der Waals surface area contributed by atoms with Crippen LogP contribution in [0.15, 0.2) is 18.2 Å². The predicted octanol–water partition coefficient (Wildman–Crippen LogP) is 0.568. The number of hydrogen-bond acceptors (Lipinski definition) is 3. The summed E-state index contributed by atoms with van der Waals surface area (Å²) in [6.07, 6.45) is 0.785. The second-order valence-electron chi connectivity index (χ2n) is 3.69. The minimum Gasteiger partial charge on any atom is -0.480 e. The van der Waals surface area contributed by atoms with Gasteiger partial charge in [-0.25, -0.2) is 9.78 Å². The van der Waals surface area contributed by atoms with E-state index in [1.165, 1.54) is 12.1 Å². The number of halogens is 1. The van der Waals surface area contributed by atoms with Crippen LogP contribution in [0.3, 0.4) is 0 Å². The van der Waals surface area contributed by atoms with Crippen molar-refractivity contribution in [3.05, 3.63) is 29.8 Å². The van der Waals surface area contributed by atoms with Crippen LogP contribution in [0.25, 0.3) is 0 Å². The van der Waals surface area contributed by atoms with Gasteiger partial charge in [0, 0.05) is 0 Å². The molecule has 2 N–H and O–H groups in total. The molecule has 0 bridgehead atoms. The van der Waals surface area contributed by atoms with Gasteiger partial charge in [-0.15, -0.1) is 0 Å². The molecular weight excluding hydrogens is 215 g/mol. The van der Waals surface area contributed by atoms with Gasteiger partial charge in [-0.3, -0.25) is 4.79 Å². The van der Waals surface area contributed by atoms with Crippen LogP contribution < -0.4 is 5.32 Å². The number of carboxylic acids is 1. The minimum absolute atomic E-state index is 0.118. The molecule has 84 valence electrons. The summed E-state index contributed by atoms with van der Waals surface area (Å²) >= 11 is 0. The standard InChI is InChI=1S/C10H9FN2O3/c11-7-3-1-2-6(12-7)8(14)13-10(4-5-10)9(15)16/h1-3H,4-5H2,(H,13,14)(H,15,16). The summed E-state index contributed by atoms with van der Waals surface area (Å²) in [6, 6.07) is 3.79. The fraction of sp³-hybridized carbons (Fsp3) is 0.300. The largest absolute Gasteiger partial charge is 0.480 e. The first-order chi connectivity index (χ1) is 7.53. The van der Waals surface area contributed by atoms with Crippen LogP contribution in [-0.2, 0) is 4.79 Å². The van der Waals surface area contributed by atoms with Crippen LogP contribution >= 0.6 is 0 Å². The number of aliphatic carboxylic acids is 1. The molecule has 0 spiro atoms. The van der Waals surface area contributed by atoms with E-state index in [4.69, 9.17) is 5.11 Å². The molecule has 0 radical (unpaired) electrons. The van der Waals surface area contributed by atoms with Crippen molar-refractivity contribution in [3.63, 3.8) is 0 Å². The van der Waals surface area contributed by atoms with Crippen molar-refractivity contribution in [1.29, 1.82) is 0 Å². The second kappa shape index (κ2) is 3.55. The number of nitrogens with one attached hydrogen (secondary N) is 1. The van der Waals surface area contributed by atoms with Crippen molar-refractivity contribution in [2.75, 3.05) is 0 Å². The molecule has 1 aliphatic rings. The molecule has 1 aromatic rings. The molecule has 0 unspecified atom stereocenters. The molecule has 1 amide bonds. The predicted molar refractivity (Wildman–Crippen MR) is 51.3 cm³/mol. The molecule has 5 nitrogen and oxygen atoms in total. The Balaban J connectivity index is 2.12. The lowest BCUT2D eigenvalue weighted by Crippen LogP contribution is -2.43. The summed E-state index contributed by atoms with van der Waals surface area (Å²) in [4.78, 5) is 25.7. The molecule has 1 saturated carbocycles. The Hall–Kier alpha value is -1.98. The Morgan fingerprint density at radius 3 is 2.62 bits per heavy atom. The quantitative estimate of drug-likeness (QED) is 0.735. The number of carbonyl (C=O) groups is 2. The zero-order valence-corrected chi connectivity index (χ0v) is 8.24. The molecule has 16 heavy (non-hydrogen) atoms. The topological polar surface area (TPSA) is 79.3 Å². The van der Waals surface area contributed by atoms with Crippen molar-refractivity contribution in [1.82, 2.24) is 10.3 Å². The van der Waals surface area contributed by atoms with E-state index in [0.717, 1.165) is 6.07 Å². The highest BCUT2D eigenvalue weighted by Gasteiger charge is 2.51. The fourth-order valence-electron chi connectivity index (χ4n) is 1.33. The van der Waals surface area contributed by atoms with Crippen LogP contribution in [0.4, 0.5) is 4.39 Å². The zero-order valence-electron chi connectivity index (χ0n) is 8.24. The van der Waals surface area contributed by atoms with E-state index in [1.807, 2.05) is 0 Å². The first-order valence-corrected chi connectivity index (χ1v) is 4.72.